The summed E-state index contributed by atoms with van der Waals surface area (Å²) < 4.78 is 5.92. The fraction of sp³-hybridized carbons (Fsp3) is 0.100. The largest absolute Gasteiger partial charge is 0.453 e. The average molecular weight is 395 g/mol. The van der Waals surface area contributed by atoms with Gasteiger partial charge in [0.15, 0.2) is 11.9 Å². The van der Waals surface area contributed by atoms with Gasteiger partial charge in [0, 0.05) is 16.8 Å². The normalized spacial score (nSPS) is 10.2. The van der Waals surface area contributed by atoms with Gasteiger partial charge in [-0.1, -0.05) is 11.6 Å². The molecule has 28 heavy (non-hydrogen) atoms. The molecule has 0 spiro atoms. The van der Waals surface area contributed by atoms with Gasteiger partial charge in [0.05, 0.1) is 11.6 Å². The van der Waals surface area contributed by atoms with Gasteiger partial charge in [-0.15, -0.1) is 0 Å². The molecular formula is C20H15ClN4O3. The summed E-state index contributed by atoms with van der Waals surface area (Å²) in [7, 11) is 0. The van der Waals surface area contributed by atoms with E-state index in [1.54, 1.807) is 36.4 Å². The van der Waals surface area contributed by atoms with Crippen LogP contribution < -0.4 is 10.1 Å². The second kappa shape index (κ2) is 7.94. The highest BCUT2D eigenvalue weighted by Gasteiger charge is 2.18. The van der Waals surface area contributed by atoms with Gasteiger partial charge in [0.2, 0.25) is 0 Å². The highest BCUT2D eigenvalue weighted by Crippen LogP contribution is 2.35. The molecule has 3 rings (SSSR count). The highest BCUT2D eigenvalue weighted by atomic mass is 35.5. The predicted octanol–water partition coefficient (Wildman–Crippen LogP) is 5.67. The van der Waals surface area contributed by atoms with Gasteiger partial charge >= 0.3 is 5.82 Å². The summed E-state index contributed by atoms with van der Waals surface area (Å²) in [6, 6.07) is 13.6. The standard InChI is InChI=1S/C20H15ClN4O3/c1-12-7-15(21)8-13(2)19(12)28-17-9-18(20(23-11-17)25(26)27)24-16-5-3-14(10-22)4-6-16/h3-9,11,24H,1-2H3. The molecule has 1 aromatic heterocycles. The van der Waals surface area contributed by atoms with Crippen molar-refractivity contribution in [1.82, 2.24) is 4.98 Å². The highest BCUT2D eigenvalue weighted by molar-refractivity contribution is 6.30. The molecule has 0 bridgehead atoms. The zero-order valence-electron chi connectivity index (χ0n) is 15.1. The predicted molar refractivity (Wildman–Crippen MR) is 106 cm³/mol. The topological polar surface area (TPSA) is 101 Å². The van der Waals surface area contributed by atoms with Crippen molar-refractivity contribution in [3.8, 4) is 17.6 Å². The Labute approximate surface area is 166 Å². The van der Waals surface area contributed by atoms with Crippen LogP contribution in [0.25, 0.3) is 0 Å². The fourth-order valence-corrected chi connectivity index (χ4v) is 3.02. The number of ether oxygens (including phenoxy) is 1. The third kappa shape index (κ3) is 4.19. The lowest BCUT2D eigenvalue weighted by atomic mass is 10.1. The van der Waals surface area contributed by atoms with E-state index < -0.39 is 4.92 Å². The van der Waals surface area contributed by atoms with E-state index in [1.165, 1.54) is 12.3 Å². The number of halogens is 1. The molecule has 0 unspecified atom stereocenters. The van der Waals surface area contributed by atoms with Crippen LogP contribution in [0.2, 0.25) is 5.02 Å². The van der Waals surface area contributed by atoms with E-state index in [1.807, 2.05) is 19.9 Å². The van der Waals surface area contributed by atoms with Crippen LogP contribution in [0.1, 0.15) is 16.7 Å². The number of hydrogen-bond acceptors (Lipinski definition) is 6. The van der Waals surface area contributed by atoms with Gasteiger partial charge in [0.25, 0.3) is 0 Å². The Hall–Kier alpha value is -3.63. The maximum absolute atomic E-state index is 11.3. The van der Waals surface area contributed by atoms with Crippen LogP contribution in [0.3, 0.4) is 0 Å². The number of nitrogens with one attached hydrogen (secondary N) is 1. The van der Waals surface area contributed by atoms with E-state index in [0.717, 1.165) is 11.1 Å². The van der Waals surface area contributed by atoms with Crippen LogP contribution in [0.15, 0.2) is 48.7 Å². The summed E-state index contributed by atoms with van der Waals surface area (Å²) in [6.45, 7) is 3.73. The fourth-order valence-electron chi connectivity index (χ4n) is 2.69. The number of aromatic nitrogens is 1. The van der Waals surface area contributed by atoms with Gasteiger partial charge in [-0.3, -0.25) is 0 Å². The Bertz CT molecular complexity index is 1070. The molecule has 8 heteroatoms. The Morgan fingerprint density at radius 2 is 1.82 bits per heavy atom. The number of hydrogen-bond donors (Lipinski definition) is 1. The molecule has 0 aliphatic carbocycles. The molecule has 0 atom stereocenters. The van der Waals surface area contributed by atoms with Crippen LogP contribution in [0.4, 0.5) is 17.2 Å². The van der Waals surface area contributed by atoms with Crippen LogP contribution in [-0.4, -0.2) is 9.91 Å². The van der Waals surface area contributed by atoms with E-state index in [0.29, 0.717) is 27.8 Å². The van der Waals surface area contributed by atoms with Crippen molar-refractivity contribution in [2.45, 2.75) is 13.8 Å². The monoisotopic (exact) mass is 394 g/mol. The summed E-state index contributed by atoms with van der Waals surface area (Å²) in [5, 5.41) is 23.8. The van der Waals surface area contributed by atoms with Gasteiger partial charge < -0.3 is 20.2 Å². The maximum atomic E-state index is 11.3. The Morgan fingerprint density at radius 3 is 2.39 bits per heavy atom. The Morgan fingerprint density at radius 1 is 1.18 bits per heavy atom. The molecule has 0 saturated heterocycles. The molecule has 2 aromatic carbocycles. The van der Waals surface area contributed by atoms with Crippen molar-refractivity contribution in [1.29, 1.82) is 5.26 Å². The Balaban J connectivity index is 1.95. The van der Waals surface area contributed by atoms with Crippen LogP contribution in [0.5, 0.6) is 11.5 Å². The van der Waals surface area contributed by atoms with E-state index in [-0.39, 0.29) is 11.5 Å². The molecule has 3 aromatic rings. The maximum Gasteiger partial charge on any atom is 0.387 e. The lowest BCUT2D eigenvalue weighted by Gasteiger charge is -2.13. The zero-order valence-corrected chi connectivity index (χ0v) is 15.8. The number of nitriles is 1. The molecule has 1 heterocycles. The van der Waals surface area contributed by atoms with Crippen molar-refractivity contribution in [2.24, 2.45) is 0 Å². The molecule has 0 fully saturated rings. The minimum Gasteiger partial charge on any atom is -0.453 e. The summed E-state index contributed by atoms with van der Waals surface area (Å²) in [4.78, 5) is 14.7. The molecule has 0 aliphatic heterocycles. The molecule has 0 aliphatic rings. The molecule has 0 amide bonds. The second-order valence-corrected chi connectivity index (χ2v) is 6.52. The lowest BCUT2D eigenvalue weighted by Crippen LogP contribution is -2.01. The summed E-state index contributed by atoms with van der Waals surface area (Å²) in [6.07, 6.45) is 1.30. The van der Waals surface area contributed by atoms with Crippen LogP contribution >= 0.6 is 11.6 Å². The van der Waals surface area contributed by atoms with Crippen LogP contribution in [-0.2, 0) is 0 Å². The van der Waals surface area contributed by atoms with Crippen molar-refractivity contribution in [2.75, 3.05) is 5.32 Å². The Kier molecular flexibility index (Phi) is 5.43. The first-order valence-corrected chi connectivity index (χ1v) is 8.61. The summed E-state index contributed by atoms with van der Waals surface area (Å²) >= 11 is 6.04. The third-order valence-corrected chi connectivity index (χ3v) is 4.17. The lowest BCUT2D eigenvalue weighted by molar-refractivity contribution is -0.388. The number of benzene rings is 2. The van der Waals surface area contributed by atoms with E-state index in [4.69, 9.17) is 21.6 Å². The SMILES string of the molecule is Cc1cc(Cl)cc(C)c1Oc1cnc([N+](=O)[O-])c(Nc2ccc(C#N)cc2)c1. The zero-order chi connectivity index (χ0) is 20.3. The molecule has 140 valence electrons. The smallest absolute Gasteiger partial charge is 0.387 e. The minimum atomic E-state index is -0.575. The van der Waals surface area contributed by atoms with Gasteiger partial charge in [0.1, 0.15) is 11.4 Å². The third-order valence-electron chi connectivity index (χ3n) is 3.95. The average Bonchev–Trinajstić information content (AvgIpc) is 2.65. The molecule has 7 nitrogen and oxygen atoms in total. The van der Waals surface area contributed by atoms with E-state index in [2.05, 4.69) is 10.3 Å². The first-order chi connectivity index (χ1) is 13.4. The summed E-state index contributed by atoms with van der Waals surface area (Å²) in [5.41, 5.74) is 2.93. The summed E-state index contributed by atoms with van der Waals surface area (Å²) in [5.74, 6) is 0.626. The molecule has 0 radical (unpaired) electrons. The number of aryl methyl sites for hydroxylation is 2. The number of pyridine rings is 1. The molecule has 1 N–H and O–H groups in total. The number of nitro groups is 1. The second-order valence-electron chi connectivity index (χ2n) is 6.08. The quantitative estimate of drug-likeness (QED) is 0.442. The van der Waals surface area contributed by atoms with Gasteiger partial charge in [-0.25, -0.2) is 0 Å². The number of anilines is 2. The van der Waals surface area contributed by atoms with E-state index >= 15 is 0 Å². The van der Waals surface area contributed by atoms with Crippen molar-refractivity contribution < 1.29 is 9.66 Å². The first-order valence-electron chi connectivity index (χ1n) is 8.23. The van der Waals surface area contributed by atoms with Gasteiger partial charge in [-0.05, 0) is 71.3 Å². The van der Waals surface area contributed by atoms with E-state index in [9.17, 15) is 10.1 Å². The molecule has 0 saturated carbocycles. The van der Waals surface area contributed by atoms with Crippen LogP contribution in [0, 0.1) is 35.3 Å². The number of rotatable bonds is 5. The minimum absolute atomic E-state index is 0.177. The van der Waals surface area contributed by atoms with Crippen molar-refractivity contribution in [3.63, 3.8) is 0 Å². The van der Waals surface area contributed by atoms with Crippen molar-refractivity contribution in [3.05, 3.63) is 80.5 Å². The number of nitrogens with zero attached hydrogens (tertiary/aromatic N) is 3. The first kappa shape index (κ1) is 19.1. The van der Waals surface area contributed by atoms with Gasteiger partial charge in [-0.2, -0.15) is 5.26 Å². The molecular weight excluding hydrogens is 380 g/mol. The van der Waals surface area contributed by atoms with Crippen molar-refractivity contribution >= 4 is 28.8 Å².